The summed E-state index contributed by atoms with van der Waals surface area (Å²) in [7, 11) is 0. The highest BCUT2D eigenvalue weighted by Gasteiger charge is 2.36. The first-order valence-electron chi connectivity index (χ1n) is 5.37. The van der Waals surface area contributed by atoms with Crippen LogP contribution in [0, 0.1) is 0 Å². The second-order valence-electron chi connectivity index (χ2n) is 3.90. The SMILES string of the molecule is O=C(O)CN1C(=O)SC(=Cc2ccc(O)cc2O)C1=O. The number of carbonyl (C=O) groups is 3. The van der Waals surface area contributed by atoms with Gasteiger partial charge < -0.3 is 15.3 Å². The van der Waals surface area contributed by atoms with Crippen molar-refractivity contribution in [1.29, 1.82) is 0 Å². The topological polar surface area (TPSA) is 115 Å². The number of rotatable bonds is 3. The third-order valence-corrected chi connectivity index (χ3v) is 3.37. The van der Waals surface area contributed by atoms with Gasteiger partial charge in [-0.2, -0.15) is 0 Å². The molecular weight excluding hydrogens is 286 g/mol. The Morgan fingerprint density at radius 1 is 1.30 bits per heavy atom. The maximum absolute atomic E-state index is 11.9. The Labute approximate surface area is 117 Å². The molecule has 7 nitrogen and oxygen atoms in total. The van der Waals surface area contributed by atoms with Gasteiger partial charge in [-0.05, 0) is 30.0 Å². The minimum absolute atomic E-state index is 0.0113. The van der Waals surface area contributed by atoms with E-state index in [9.17, 15) is 19.5 Å². The van der Waals surface area contributed by atoms with E-state index in [1.54, 1.807) is 0 Å². The Morgan fingerprint density at radius 2 is 2.00 bits per heavy atom. The number of amides is 2. The number of nitrogens with zero attached hydrogens (tertiary/aromatic N) is 1. The van der Waals surface area contributed by atoms with Crippen molar-refractivity contribution >= 4 is 35.0 Å². The maximum Gasteiger partial charge on any atom is 0.323 e. The van der Waals surface area contributed by atoms with E-state index in [0.717, 1.165) is 6.07 Å². The monoisotopic (exact) mass is 295 g/mol. The number of aromatic hydroxyl groups is 2. The maximum atomic E-state index is 11.9. The molecule has 3 N–H and O–H groups in total. The number of carbonyl (C=O) groups excluding carboxylic acids is 2. The quantitative estimate of drug-likeness (QED) is 0.718. The molecule has 1 fully saturated rings. The number of thioether (sulfide) groups is 1. The standard InChI is InChI=1S/C12H9NO6S/c14-7-2-1-6(8(15)4-7)3-9-11(18)13(5-10(16)17)12(19)20-9/h1-4,14-15H,5H2,(H,16,17). The molecule has 0 unspecified atom stereocenters. The number of imide groups is 1. The number of phenolic OH excluding ortho intramolecular Hbond substituents is 2. The largest absolute Gasteiger partial charge is 0.508 e. The fourth-order valence-electron chi connectivity index (χ4n) is 1.57. The number of hydrogen-bond acceptors (Lipinski definition) is 6. The summed E-state index contributed by atoms with van der Waals surface area (Å²) in [5.74, 6) is -2.41. The van der Waals surface area contributed by atoms with Crippen molar-refractivity contribution in [2.75, 3.05) is 6.54 Å². The van der Waals surface area contributed by atoms with Gasteiger partial charge in [-0.15, -0.1) is 0 Å². The molecule has 0 aliphatic carbocycles. The molecule has 0 radical (unpaired) electrons. The smallest absolute Gasteiger partial charge is 0.323 e. The molecule has 0 atom stereocenters. The fourth-order valence-corrected chi connectivity index (χ4v) is 2.40. The van der Waals surface area contributed by atoms with Crippen molar-refractivity contribution in [2.45, 2.75) is 0 Å². The lowest BCUT2D eigenvalue weighted by molar-refractivity contribution is -0.140. The van der Waals surface area contributed by atoms with Crippen molar-refractivity contribution < 1.29 is 29.7 Å². The molecule has 0 spiro atoms. The van der Waals surface area contributed by atoms with Crippen LogP contribution >= 0.6 is 11.8 Å². The van der Waals surface area contributed by atoms with Crippen molar-refractivity contribution in [2.24, 2.45) is 0 Å². The average molecular weight is 295 g/mol. The van der Waals surface area contributed by atoms with Gasteiger partial charge in [-0.3, -0.25) is 19.3 Å². The molecule has 104 valence electrons. The number of carboxylic acids is 1. The summed E-state index contributed by atoms with van der Waals surface area (Å²) >= 11 is 0.593. The van der Waals surface area contributed by atoms with Crippen LogP contribution in [-0.4, -0.2) is 43.9 Å². The first-order valence-corrected chi connectivity index (χ1v) is 6.19. The summed E-state index contributed by atoms with van der Waals surface area (Å²) in [6.45, 7) is -0.705. The first kappa shape index (κ1) is 13.9. The average Bonchev–Trinajstić information content (AvgIpc) is 2.60. The van der Waals surface area contributed by atoms with Gasteiger partial charge in [0, 0.05) is 11.6 Å². The highest BCUT2D eigenvalue weighted by molar-refractivity contribution is 8.18. The van der Waals surface area contributed by atoms with Crippen LogP contribution < -0.4 is 0 Å². The predicted octanol–water partition coefficient (Wildman–Crippen LogP) is 1.22. The van der Waals surface area contributed by atoms with Crippen LogP contribution in [-0.2, 0) is 9.59 Å². The van der Waals surface area contributed by atoms with E-state index in [4.69, 9.17) is 10.2 Å². The van der Waals surface area contributed by atoms with Gasteiger partial charge in [0.2, 0.25) is 0 Å². The van der Waals surface area contributed by atoms with Gasteiger partial charge in [-0.25, -0.2) is 0 Å². The minimum atomic E-state index is -1.29. The van der Waals surface area contributed by atoms with Crippen molar-refractivity contribution in [1.82, 2.24) is 4.90 Å². The van der Waals surface area contributed by atoms with E-state index in [2.05, 4.69) is 0 Å². The number of carboxylic acid groups (broad SMARTS) is 1. The third kappa shape index (κ3) is 2.75. The summed E-state index contributed by atoms with van der Waals surface area (Å²) in [5.41, 5.74) is 0.239. The van der Waals surface area contributed by atoms with Crippen molar-refractivity contribution in [3.8, 4) is 11.5 Å². The lowest BCUT2D eigenvalue weighted by atomic mass is 10.1. The van der Waals surface area contributed by atoms with Crippen molar-refractivity contribution in [3.05, 3.63) is 28.7 Å². The third-order valence-electron chi connectivity index (χ3n) is 2.47. The van der Waals surface area contributed by atoms with E-state index in [-0.39, 0.29) is 22.0 Å². The molecule has 2 rings (SSSR count). The number of hydrogen-bond donors (Lipinski definition) is 3. The van der Waals surface area contributed by atoms with Gasteiger partial charge in [0.15, 0.2) is 0 Å². The van der Waals surface area contributed by atoms with E-state index >= 15 is 0 Å². The summed E-state index contributed by atoms with van der Waals surface area (Å²) in [6.07, 6.45) is 1.27. The van der Waals surface area contributed by atoms with Crippen molar-refractivity contribution in [3.63, 3.8) is 0 Å². The second-order valence-corrected chi connectivity index (χ2v) is 4.90. The van der Waals surface area contributed by atoms with Gasteiger partial charge in [0.25, 0.3) is 11.1 Å². The normalized spacial score (nSPS) is 17.0. The number of phenols is 2. The molecular formula is C12H9NO6S. The van der Waals surface area contributed by atoms with Crippen LogP contribution in [0.25, 0.3) is 6.08 Å². The summed E-state index contributed by atoms with van der Waals surface area (Å²) < 4.78 is 0. The number of aliphatic carboxylic acids is 1. The molecule has 2 amide bonds. The molecule has 8 heteroatoms. The summed E-state index contributed by atoms with van der Waals surface area (Å²) in [5, 5.41) is 26.7. The second kappa shape index (κ2) is 5.25. The predicted molar refractivity (Wildman–Crippen MR) is 70.1 cm³/mol. The molecule has 1 aromatic carbocycles. The van der Waals surface area contributed by atoms with Gasteiger partial charge in [-0.1, -0.05) is 0 Å². The Hall–Kier alpha value is -2.48. The Kier molecular flexibility index (Phi) is 3.66. The van der Waals surface area contributed by atoms with Crippen LogP contribution in [0.3, 0.4) is 0 Å². The molecule has 1 aliphatic rings. The van der Waals surface area contributed by atoms with Crippen LogP contribution in [0.15, 0.2) is 23.1 Å². The first-order chi connectivity index (χ1) is 9.38. The molecule has 0 bridgehead atoms. The lowest BCUT2D eigenvalue weighted by Gasteiger charge is -2.07. The van der Waals surface area contributed by atoms with Crippen LogP contribution in [0.1, 0.15) is 5.56 Å². The Bertz CT molecular complexity index is 639. The molecule has 1 saturated heterocycles. The number of benzene rings is 1. The highest BCUT2D eigenvalue weighted by atomic mass is 32.2. The lowest BCUT2D eigenvalue weighted by Crippen LogP contribution is -2.33. The summed E-state index contributed by atoms with van der Waals surface area (Å²) in [6, 6.07) is 3.77. The van der Waals surface area contributed by atoms with Gasteiger partial charge in [0.1, 0.15) is 18.0 Å². The molecule has 0 saturated carbocycles. The van der Waals surface area contributed by atoms with Crippen LogP contribution in [0.4, 0.5) is 4.79 Å². The molecule has 0 aromatic heterocycles. The Balaban J connectivity index is 2.30. The Morgan fingerprint density at radius 3 is 2.60 bits per heavy atom. The molecule has 20 heavy (non-hydrogen) atoms. The highest BCUT2D eigenvalue weighted by Crippen LogP contribution is 2.34. The van der Waals surface area contributed by atoms with E-state index < -0.39 is 23.7 Å². The van der Waals surface area contributed by atoms with E-state index in [1.807, 2.05) is 0 Å². The molecule has 1 heterocycles. The zero-order valence-corrected chi connectivity index (χ0v) is 10.8. The van der Waals surface area contributed by atoms with Crippen LogP contribution in [0.5, 0.6) is 11.5 Å². The zero-order chi connectivity index (χ0) is 14.9. The summed E-state index contributed by atoms with van der Waals surface area (Å²) in [4.78, 5) is 34.6. The molecule has 1 aliphatic heterocycles. The fraction of sp³-hybridized carbons (Fsp3) is 0.0833. The molecule has 1 aromatic rings. The minimum Gasteiger partial charge on any atom is -0.508 e. The van der Waals surface area contributed by atoms with E-state index in [0.29, 0.717) is 16.7 Å². The van der Waals surface area contributed by atoms with Gasteiger partial charge in [0.05, 0.1) is 4.91 Å². The van der Waals surface area contributed by atoms with Gasteiger partial charge >= 0.3 is 5.97 Å². The van der Waals surface area contributed by atoms with E-state index in [1.165, 1.54) is 18.2 Å². The zero-order valence-electron chi connectivity index (χ0n) is 9.94. The van der Waals surface area contributed by atoms with Crippen LogP contribution in [0.2, 0.25) is 0 Å².